The van der Waals surface area contributed by atoms with Crippen molar-refractivity contribution in [1.29, 1.82) is 0 Å². The molecular formula is C17H20N6O2. The van der Waals surface area contributed by atoms with E-state index in [0.717, 1.165) is 5.56 Å². The Bertz CT molecular complexity index is 727. The van der Waals surface area contributed by atoms with Crippen molar-refractivity contribution in [3.63, 3.8) is 0 Å². The average Bonchev–Trinajstić information content (AvgIpc) is 2.67. The molecule has 0 bridgehead atoms. The topological polar surface area (TPSA) is 91.3 Å². The van der Waals surface area contributed by atoms with Crippen LogP contribution in [0.2, 0.25) is 0 Å². The van der Waals surface area contributed by atoms with E-state index in [1.54, 1.807) is 29.1 Å². The lowest BCUT2D eigenvalue weighted by molar-refractivity contribution is -0.130. The smallest absolute Gasteiger partial charge is 0.257 e. The fourth-order valence-electron chi connectivity index (χ4n) is 2.62. The molecule has 2 amide bonds. The van der Waals surface area contributed by atoms with Crippen molar-refractivity contribution in [2.24, 2.45) is 0 Å². The fraction of sp³-hybridized carbons (Fsp3) is 0.353. The maximum Gasteiger partial charge on any atom is 0.257 e. The van der Waals surface area contributed by atoms with Gasteiger partial charge in [0.05, 0.1) is 5.56 Å². The molecular weight excluding hydrogens is 320 g/mol. The van der Waals surface area contributed by atoms with E-state index in [2.05, 4.69) is 20.3 Å². The number of hydrogen-bond donors (Lipinski definition) is 1. The summed E-state index contributed by atoms with van der Waals surface area (Å²) in [6.45, 7) is 4.31. The highest BCUT2D eigenvalue weighted by atomic mass is 16.2. The molecule has 1 fully saturated rings. The predicted octanol–water partition coefficient (Wildman–Crippen LogP) is 0.788. The second kappa shape index (κ2) is 7.69. The molecule has 1 N–H and O–H groups in total. The van der Waals surface area contributed by atoms with Gasteiger partial charge >= 0.3 is 0 Å². The summed E-state index contributed by atoms with van der Waals surface area (Å²) in [5.41, 5.74) is 1.52. The predicted molar refractivity (Wildman–Crippen MR) is 91.8 cm³/mol. The molecule has 1 aliphatic rings. The molecule has 25 heavy (non-hydrogen) atoms. The number of nitrogens with one attached hydrogen (secondary N) is 1. The van der Waals surface area contributed by atoms with Crippen molar-refractivity contribution in [1.82, 2.24) is 24.8 Å². The molecule has 8 nitrogen and oxygen atoms in total. The molecule has 0 spiro atoms. The number of rotatable bonds is 4. The Labute approximate surface area is 145 Å². The van der Waals surface area contributed by atoms with Crippen LogP contribution < -0.4 is 5.32 Å². The number of nitrogens with zero attached hydrogens (tertiary/aromatic N) is 5. The largest absolute Gasteiger partial charge is 0.350 e. The first-order chi connectivity index (χ1) is 12.1. The standard InChI is InChI=1S/C17H20N6O2/c1-13(24)22-6-8-23(9-7-22)16(25)15-11-20-17(21-12-15)19-10-14-2-4-18-5-3-14/h2-5,11-12H,6-10H2,1H3,(H,19,20,21). The van der Waals surface area contributed by atoms with Crippen molar-refractivity contribution >= 4 is 17.8 Å². The first-order valence-corrected chi connectivity index (χ1v) is 8.13. The van der Waals surface area contributed by atoms with Gasteiger partial charge in [-0.1, -0.05) is 0 Å². The summed E-state index contributed by atoms with van der Waals surface area (Å²) >= 11 is 0. The molecule has 8 heteroatoms. The lowest BCUT2D eigenvalue weighted by Gasteiger charge is -2.34. The maximum absolute atomic E-state index is 12.5. The van der Waals surface area contributed by atoms with Crippen molar-refractivity contribution in [2.45, 2.75) is 13.5 Å². The zero-order valence-corrected chi connectivity index (χ0v) is 14.1. The highest BCUT2D eigenvalue weighted by molar-refractivity contribution is 5.93. The van der Waals surface area contributed by atoms with E-state index in [-0.39, 0.29) is 11.8 Å². The van der Waals surface area contributed by atoms with Crippen molar-refractivity contribution in [2.75, 3.05) is 31.5 Å². The van der Waals surface area contributed by atoms with Crippen LogP contribution in [-0.4, -0.2) is 62.7 Å². The summed E-state index contributed by atoms with van der Waals surface area (Å²) in [7, 11) is 0. The van der Waals surface area contributed by atoms with E-state index in [0.29, 0.717) is 44.2 Å². The molecule has 3 heterocycles. The van der Waals surface area contributed by atoms with Crippen LogP contribution in [0.15, 0.2) is 36.9 Å². The van der Waals surface area contributed by atoms with Gasteiger partial charge in [-0.25, -0.2) is 9.97 Å². The first-order valence-electron chi connectivity index (χ1n) is 8.13. The summed E-state index contributed by atoms with van der Waals surface area (Å²) < 4.78 is 0. The fourth-order valence-corrected chi connectivity index (χ4v) is 2.62. The van der Waals surface area contributed by atoms with Gasteiger partial charge in [0.15, 0.2) is 0 Å². The molecule has 0 radical (unpaired) electrons. The number of aromatic nitrogens is 3. The third-order valence-corrected chi connectivity index (χ3v) is 4.11. The van der Waals surface area contributed by atoms with Crippen molar-refractivity contribution in [3.05, 3.63) is 48.0 Å². The van der Waals surface area contributed by atoms with Crippen LogP contribution in [0.1, 0.15) is 22.8 Å². The van der Waals surface area contributed by atoms with Gasteiger partial charge in [-0.2, -0.15) is 0 Å². The minimum Gasteiger partial charge on any atom is -0.350 e. The minimum atomic E-state index is -0.108. The molecule has 1 saturated heterocycles. The summed E-state index contributed by atoms with van der Waals surface area (Å²) in [6.07, 6.45) is 6.51. The van der Waals surface area contributed by atoms with E-state index >= 15 is 0 Å². The normalized spacial score (nSPS) is 14.3. The number of pyridine rings is 1. The number of hydrogen-bond acceptors (Lipinski definition) is 6. The Hall–Kier alpha value is -3.03. The monoisotopic (exact) mass is 340 g/mol. The van der Waals surface area contributed by atoms with Crippen LogP contribution in [0.4, 0.5) is 5.95 Å². The molecule has 0 aliphatic carbocycles. The third-order valence-electron chi connectivity index (χ3n) is 4.11. The first kappa shape index (κ1) is 16.8. The van der Waals surface area contributed by atoms with Gasteiger partial charge in [0.1, 0.15) is 0 Å². The number of carbonyl (C=O) groups is 2. The van der Waals surface area contributed by atoms with Gasteiger partial charge in [0, 0.05) is 64.4 Å². The molecule has 0 saturated carbocycles. The maximum atomic E-state index is 12.5. The molecule has 0 aromatic carbocycles. The van der Waals surface area contributed by atoms with E-state index in [1.165, 1.54) is 12.4 Å². The number of carbonyl (C=O) groups excluding carboxylic acids is 2. The highest BCUT2D eigenvalue weighted by Crippen LogP contribution is 2.09. The molecule has 1 aliphatic heterocycles. The zero-order valence-electron chi connectivity index (χ0n) is 14.1. The molecule has 0 atom stereocenters. The SMILES string of the molecule is CC(=O)N1CCN(C(=O)c2cnc(NCc3ccncc3)nc2)CC1. The quantitative estimate of drug-likeness (QED) is 0.885. The van der Waals surface area contributed by atoms with Gasteiger partial charge in [0.25, 0.3) is 5.91 Å². The number of piperazine rings is 1. The Morgan fingerprint density at radius 3 is 2.24 bits per heavy atom. The van der Waals surface area contributed by atoms with Crippen LogP contribution >= 0.6 is 0 Å². The number of amides is 2. The second-order valence-electron chi connectivity index (χ2n) is 5.80. The Morgan fingerprint density at radius 1 is 1.04 bits per heavy atom. The van der Waals surface area contributed by atoms with Crippen LogP contribution in [0.25, 0.3) is 0 Å². The molecule has 3 rings (SSSR count). The van der Waals surface area contributed by atoms with Crippen LogP contribution in [0.5, 0.6) is 0 Å². The van der Waals surface area contributed by atoms with Crippen LogP contribution in [-0.2, 0) is 11.3 Å². The number of anilines is 1. The summed E-state index contributed by atoms with van der Waals surface area (Å²) in [4.78, 5) is 39.7. The third kappa shape index (κ3) is 4.28. The van der Waals surface area contributed by atoms with Gasteiger partial charge in [-0.3, -0.25) is 14.6 Å². The molecule has 130 valence electrons. The van der Waals surface area contributed by atoms with Gasteiger partial charge in [-0.15, -0.1) is 0 Å². The average molecular weight is 340 g/mol. The lowest BCUT2D eigenvalue weighted by atomic mass is 10.2. The molecule has 2 aromatic heterocycles. The second-order valence-corrected chi connectivity index (χ2v) is 5.80. The lowest BCUT2D eigenvalue weighted by Crippen LogP contribution is -2.50. The van der Waals surface area contributed by atoms with Crippen LogP contribution in [0, 0.1) is 0 Å². The van der Waals surface area contributed by atoms with Crippen molar-refractivity contribution < 1.29 is 9.59 Å². The van der Waals surface area contributed by atoms with Crippen LogP contribution in [0.3, 0.4) is 0 Å². The van der Waals surface area contributed by atoms with Gasteiger partial charge in [0.2, 0.25) is 11.9 Å². The van der Waals surface area contributed by atoms with E-state index in [1.807, 2.05) is 12.1 Å². The highest BCUT2D eigenvalue weighted by Gasteiger charge is 2.23. The summed E-state index contributed by atoms with van der Waals surface area (Å²) in [5, 5.41) is 3.11. The summed E-state index contributed by atoms with van der Waals surface area (Å²) in [6, 6.07) is 3.82. The van der Waals surface area contributed by atoms with Crippen molar-refractivity contribution in [3.8, 4) is 0 Å². The molecule has 2 aromatic rings. The van der Waals surface area contributed by atoms with E-state index in [9.17, 15) is 9.59 Å². The molecule has 0 unspecified atom stereocenters. The van der Waals surface area contributed by atoms with E-state index < -0.39 is 0 Å². The summed E-state index contributed by atoms with van der Waals surface area (Å²) in [5.74, 6) is 0.402. The Balaban J connectivity index is 1.55. The Morgan fingerprint density at radius 2 is 1.64 bits per heavy atom. The zero-order chi connectivity index (χ0) is 17.6. The van der Waals surface area contributed by atoms with Gasteiger partial charge in [-0.05, 0) is 17.7 Å². The minimum absolute atomic E-state index is 0.0417. The van der Waals surface area contributed by atoms with Gasteiger partial charge < -0.3 is 15.1 Å². The van der Waals surface area contributed by atoms with E-state index in [4.69, 9.17) is 0 Å². The Kier molecular flexibility index (Phi) is 5.17.